The molecule has 2 aromatic rings. The van der Waals surface area contributed by atoms with Gasteiger partial charge in [0.25, 0.3) is 0 Å². The van der Waals surface area contributed by atoms with E-state index in [1.165, 1.54) is 0 Å². The Morgan fingerprint density at radius 2 is 2.05 bits per heavy atom. The van der Waals surface area contributed by atoms with E-state index in [9.17, 15) is 0 Å². The molecule has 0 aliphatic carbocycles. The normalized spacial score (nSPS) is 12.6. The summed E-state index contributed by atoms with van der Waals surface area (Å²) in [4.78, 5) is 0. The molecule has 0 radical (unpaired) electrons. The first-order valence-electron chi connectivity index (χ1n) is 7.09. The Morgan fingerprint density at radius 3 is 2.76 bits per heavy atom. The van der Waals surface area contributed by atoms with Crippen LogP contribution in [0.4, 0.5) is 6.01 Å². The zero-order valence-corrected chi connectivity index (χ0v) is 14.1. The highest BCUT2D eigenvalue weighted by molar-refractivity contribution is 9.10. The Morgan fingerprint density at radius 1 is 1.24 bits per heavy atom. The Bertz CT molecular complexity index is 570. The molecule has 0 saturated heterocycles. The maximum Gasteiger partial charge on any atom is 0.315 e. The first-order valence-corrected chi connectivity index (χ1v) is 7.89. The summed E-state index contributed by atoms with van der Waals surface area (Å²) in [5, 5.41) is 14.5. The lowest BCUT2D eigenvalue weighted by Gasteiger charge is -2.12. The van der Waals surface area contributed by atoms with Crippen LogP contribution in [0.5, 0.6) is 0 Å². The molecule has 1 aromatic heterocycles. The third kappa shape index (κ3) is 5.13. The van der Waals surface area contributed by atoms with Crippen molar-refractivity contribution in [1.29, 1.82) is 0 Å². The van der Waals surface area contributed by atoms with E-state index in [2.05, 4.69) is 69.7 Å². The topological polar surface area (TPSA) is 63.0 Å². The molecule has 5 nitrogen and oxygen atoms in total. The second-order valence-electron chi connectivity index (χ2n) is 5.45. The summed E-state index contributed by atoms with van der Waals surface area (Å²) in [7, 11) is 0. The predicted octanol–water partition coefficient (Wildman–Crippen LogP) is 3.75. The van der Waals surface area contributed by atoms with E-state index in [1.807, 2.05) is 12.1 Å². The van der Waals surface area contributed by atoms with Gasteiger partial charge in [-0.25, -0.2) is 0 Å². The number of nitrogens with zero attached hydrogens (tertiary/aromatic N) is 2. The fourth-order valence-corrected chi connectivity index (χ4v) is 2.31. The molecule has 0 spiro atoms. The van der Waals surface area contributed by atoms with Crippen LogP contribution in [0.25, 0.3) is 0 Å². The minimum atomic E-state index is 0.0967. The molecule has 0 aliphatic rings. The average Bonchev–Trinajstić information content (AvgIpc) is 2.86. The molecule has 1 unspecified atom stereocenters. The van der Waals surface area contributed by atoms with Crippen molar-refractivity contribution in [1.82, 2.24) is 15.5 Å². The van der Waals surface area contributed by atoms with E-state index < -0.39 is 0 Å². The molecule has 0 aliphatic heterocycles. The molecule has 114 valence electrons. The van der Waals surface area contributed by atoms with Crippen LogP contribution in [0.15, 0.2) is 33.2 Å². The van der Waals surface area contributed by atoms with E-state index in [0.29, 0.717) is 24.4 Å². The number of nitrogens with one attached hydrogen (secondary N) is 2. The van der Waals surface area contributed by atoms with E-state index in [1.54, 1.807) is 0 Å². The first kappa shape index (κ1) is 16.0. The molecule has 1 heterocycles. The minimum absolute atomic E-state index is 0.0967. The van der Waals surface area contributed by atoms with Crippen LogP contribution in [-0.2, 0) is 6.54 Å². The second-order valence-corrected chi connectivity index (χ2v) is 6.36. The van der Waals surface area contributed by atoms with Crippen molar-refractivity contribution in [2.45, 2.75) is 33.4 Å². The van der Waals surface area contributed by atoms with Gasteiger partial charge >= 0.3 is 6.01 Å². The summed E-state index contributed by atoms with van der Waals surface area (Å²) < 4.78 is 6.63. The van der Waals surface area contributed by atoms with Gasteiger partial charge in [-0.3, -0.25) is 0 Å². The zero-order valence-electron chi connectivity index (χ0n) is 12.6. The largest absolute Gasteiger partial charge is 0.407 e. The molecule has 21 heavy (non-hydrogen) atoms. The molecule has 0 amide bonds. The van der Waals surface area contributed by atoms with E-state index in [4.69, 9.17) is 4.42 Å². The fraction of sp³-hybridized carbons (Fsp3) is 0.467. The molecule has 1 aromatic carbocycles. The molecular weight excluding hydrogens is 332 g/mol. The van der Waals surface area contributed by atoms with Gasteiger partial charge in [-0.15, -0.1) is 5.10 Å². The number of halogens is 1. The third-order valence-electron chi connectivity index (χ3n) is 2.98. The summed E-state index contributed by atoms with van der Waals surface area (Å²) >= 11 is 3.47. The highest BCUT2D eigenvalue weighted by atomic mass is 79.9. The third-order valence-corrected chi connectivity index (χ3v) is 3.48. The Hall–Kier alpha value is -1.40. The van der Waals surface area contributed by atoms with Crippen molar-refractivity contribution < 1.29 is 4.42 Å². The lowest BCUT2D eigenvalue weighted by molar-refractivity contribution is 0.456. The number of hydrogen-bond donors (Lipinski definition) is 2. The van der Waals surface area contributed by atoms with Gasteiger partial charge in [0.15, 0.2) is 0 Å². The van der Waals surface area contributed by atoms with Crippen LogP contribution >= 0.6 is 15.9 Å². The fourth-order valence-electron chi connectivity index (χ4n) is 1.90. The SMILES string of the molecule is CC(C)CNCc1nnc(NC(C)c2cccc(Br)c2)o1. The van der Waals surface area contributed by atoms with Gasteiger partial charge in [0.05, 0.1) is 12.6 Å². The van der Waals surface area contributed by atoms with Crippen LogP contribution in [-0.4, -0.2) is 16.7 Å². The van der Waals surface area contributed by atoms with E-state index >= 15 is 0 Å². The number of anilines is 1. The molecule has 2 N–H and O–H groups in total. The molecule has 0 fully saturated rings. The standard InChI is InChI=1S/C15H21BrN4O/c1-10(2)8-17-9-14-19-20-15(21-14)18-11(3)12-5-4-6-13(16)7-12/h4-7,10-11,17H,8-9H2,1-3H3,(H,18,20). The van der Waals surface area contributed by atoms with Crippen LogP contribution < -0.4 is 10.6 Å². The van der Waals surface area contributed by atoms with Crippen LogP contribution in [0.2, 0.25) is 0 Å². The van der Waals surface area contributed by atoms with Crippen molar-refractivity contribution in [2.75, 3.05) is 11.9 Å². The lowest BCUT2D eigenvalue weighted by Crippen LogP contribution is -2.19. The van der Waals surface area contributed by atoms with Crippen LogP contribution in [0.1, 0.15) is 38.3 Å². The second kappa shape index (κ2) is 7.56. The van der Waals surface area contributed by atoms with E-state index in [-0.39, 0.29) is 6.04 Å². The summed E-state index contributed by atoms with van der Waals surface area (Å²) in [6, 6.07) is 8.68. The monoisotopic (exact) mass is 352 g/mol. The number of aromatic nitrogens is 2. The van der Waals surface area contributed by atoms with E-state index in [0.717, 1.165) is 16.6 Å². The van der Waals surface area contributed by atoms with Gasteiger partial charge in [-0.2, -0.15) is 0 Å². The van der Waals surface area contributed by atoms with Gasteiger partial charge in [0, 0.05) is 4.47 Å². The van der Waals surface area contributed by atoms with Gasteiger partial charge in [0.1, 0.15) is 0 Å². The van der Waals surface area contributed by atoms with Gasteiger partial charge in [-0.1, -0.05) is 47.0 Å². The quantitative estimate of drug-likeness (QED) is 0.794. The van der Waals surface area contributed by atoms with Crippen LogP contribution in [0, 0.1) is 5.92 Å². The maximum absolute atomic E-state index is 5.58. The van der Waals surface area contributed by atoms with Crippen molar-refractivity contribution in [2.24, 2.45) is 5.92 Å². The molecule has 0 bridgehead atoms. The Balaban J connectivity index is 1.90. The molecule has 2 rings (SSSR count). The Labute approximate surface area is 133 Å². The summed E-state index contributed by atoms with van der Waals surface area (Å²) in [5.74, 6) is 1.20. The van der Waals surface area contributed by atoms with Crippen molar-refractivity contribution in [3.63, 3.8) is 0 Å². The minimum Gasteiger partial charge on any atom is -0.407 e. The summed E-state index contributed by atoms with van der Waals surface area (Å²) in [6.07, 6.45) is 0. The number of benzene rings is 1. The zero-order chi connectivity index (χ0) is 15.2. The summed E-state index contributed by atoms with van der Waals surface area (Å²) in [5.41, 5.74) is 1.15. The van der Waals surface area contributed by atoms with Gasteiger partial charge in [-0.05, 0) is 37.1 Å². The highest BCUT2D eigenvalue weighted by Crippen LogP contribution is 2.21. The maximum atomic E-state index is 5.58. The van der Waals surface area contributed by atoms with Crippen LogP contribution in [0.3, 0.4) is 0 Å². The highest BCUT2D eigenvalue weighted by Gasteiger charge is 2.11. The molecule has 1 atom stereocenters. The van der Waals surface area contributed by atoms with Gasteiger partial charge < -0.3 is 15.1 Å². The number of rotatable bonds is 7. The average molecular weight is 353 g/mol. The van der Waals surface area contributed by atoms with Crippen molar-refractivity contribution in [3.8, 4) is 0 Å². The molecule has 0 saturated carbocycles. The molecular formula is C15H21BrN4O. The van der Waals surface area contributed by atoms with Crippen molar-refractivity contribution in [3.05, 3.63) is 40.2 Å². The smallest absolute Gasteiger partial charge is 0.315 e. The number of hydrogen-bond acceptors (Lipinski definition) is 5. The Kier molecular flexibility index (Phi) is 5.76. The predicted molar refractivity (Wildman–Crippen MR) is 87.0 cm³/mol. The van der Waals surface area contributed by atoms with Crippen molar-refractivity contribution >= 4 is 21.9 Å². The summed E-state index contributed by atoms with van der Waals surface area (Å²) in [6.45, 7) is 7.90. The lowest BCUT2D eigenvalue weighted by atomic mass is 10.1. The van der Waals surface area contributed by atoms with Gasteiger partial charge in [0.2, 0.25) is 5.89 Å². The first-order chi connectivity index (χ1) is 10.0. The molecule has 6 heteroatoms.